The van der Waals surface area contributed by atoms with Crippen molar-refractivity contribution in [3.63, 3.8) is 0 Å². The summed E-state index contributed by atoms with van der Waals surface area (Å²) in [5, 5.41) is 0.533. The molecule has 5 heteroatoms. The van der Waals surface area contributed by atoms with Crippen molar-refractivity contribution in [3.8, 4) is 0 Å². The van der Waals surface area contributed by atoms with Gasteiger partial charge in [0.15, 0.2) is 0 Å². The van der Waals surface area contributed by atoms with Crippen LogP contribution in [0.3, 0.4) is 0 Å². The van der Waals surface area contributed by atoms with E-state index in [0.29, 0.717) is 11.7 Å². The van der Waals surface area contributed by atoms with Gasteiger partial charge in [0.1, 0.15) is 5.15 Å². The Morgan fingerprint density at radius 2 is 2.44 bits per heavy atom. The number of ether oxygens (including phenoxy) is 1. The fourth-order valence-electron chi connectivity index (χ4n) is 1.82. The van der Waals surface area contributed by atoms with Crippen molar-refractivity contribution in [1.82, 2.24) is 9.88 Å². The molecule has 1 unspecified atom stereocenters. The monoisotopic (exact) mass is 241 g/mol. The fourth-order valence-corrected chi connectivity index (χ4v) is 1.94. The van der Waals surface area contributed by atoms with Crippen LogP contribution in [0, 0.1) is 0 Å². The van der Waals surface area contributed by atoms with Gasteiger partial charge in [0.05, 0.1) is 12.7 Å². The molecular weight excluding hydrogens is 226 g/mol. The van der Waals surface area contributed by atoms with Crippen LogP contribution in [0.25, 0.3) is 0 Å². The van der Waals surface area contributed by atoms with Gasteiger partial charge in [-0.2, -0.15) is 0 Å². The van der Waals surface area contributed by atoms with Crippen LogP contribution in [0.1, 0.15) is 5.56 Å². The van der Waals surface area contributed by atoms with Crippen molar-refractivity contribution in [2.24, 2.45) is 5.73 Å². The molecule has 1 aliphatic rings. The van der Waals surface area contributed by atoms with E-state index in [-0.39, 0.29) is 6.10 Å². The number of hydrogen-bond donors (Lipinski definition) is 1. The lowest BCUT2D eigenvalue weighted by Crippen LogP contribution is -2.45. The Balaban J connectivity index is 1.91. The number of nitrogens with zero attached hydrogens (tertiary/aromatic N) is 2. The van der Waals surface area contributed by atoms with Gasteiger partial charge in [-0.15, -0.1) is 0 Å². The summed E-state index contributed by atoms with van der Waals surface area (Å²) in [6.45, 7) is 4.04. The number of aromatic nitrogens is 1. The minimum absolute atomic E-state index is 0.161. The van der Waals surface area contributed by atoms with E-state index in [9.17, 15) is 0 Å². The summed E-state index contributed by atoms with van der Waals surface area (Å²) in [4.78, 5) is 6.39. The summed E-state index contributed by atoms with van der Waals surface area (Å²) < 4.78 is 5.51. The van der Waals surface area contributed by atoms with Gasteiger partial charge in [-0.1, -0.05) is 17.7 Å². The number of nitrogens with two attached hydrogens (primary N) is 1. The van der Waals surface area contributed by atoms with Crippen LogP contribution < -0.4 is 5.73 Å². The van der Waals surface area contributed by atoms with Gasteiger partial charge in [-0.05, 0) is 11.6 Å². The standard InChI is InChI=1S/C11H16ClN3O/c12-11-2-1-9(6-14-11)7-15-3-4-16-10(5-13)8-15/h1-2,6,10H,3-5,7-8,13H2. The molecule has 4 nitrogen and oxygen atoms in total. The largest absolute Gasteiger partial charge is 0.374 e. The molecule has 2 N–H and O–H groups in total. The second kappa shape index (κ2) is 5.59. The molecule has 1 aromatic rings. The first kappa shape index (κ1) is 11.8. The number of morpholine rings is 1. The molecular formula is C11H16ClN3O. The maximum atomic E-state index is 5.74. The molecule has 0 amide bonds. The van der Waals surface area contributed by atoms with Gasteiger partial charge in [0.25, 0.3) is 0 Å². The second-order valence-corrected chi connectivity index (χ2v) is 4.34. The zero-order valence-corrected chi connectivity index (χ0v) is 9.86. The third-order valence-corrected chi connectivity index (χ3v) is 2.90. The first-order valence-corrected chi connectivity index (χ1v) is 5.80. The molecule has 88 valence electrons. The topological polar surface area (TPSA) is 51.4 Å². The van der Waals surface area contributed by atoms with Crippen molar-refractivity contribution in [2.75, 3.05) is 26.2 Å². The van der Waals surface area contributed by atoms with E-state index in [1.165, 1.54) is 5.56 Å². The summed E-state index contributed by atoms with van der Waals surface area (Å²) >= 11 is 5.74. The normalized spacial score (nSPS) is 22.2. The highest BCUT2D eigenvalue weighted by Crippen LogP contribution is 2.11. The van der Waals surface area contributed by atoms with E-state index >= 15 is 0 Å². The Hall–Kier alpha value is -0.680. The Morgan fingerprint density at radius 3 is 3.12 bits per heavy atom. The van der Waals surface area contributed by atoms with Crippen LogP contribution in [0.15, 0.2) is 18.3 Å². The SMILES string of the molecule is NCC1CN(Cc2ccc(Cl)nc2)CCO1. The zero-order chi connectivity index (χ0) is 11.4. The van der Waals surface area contributed by atoms with Crippen molar-refractivity contribution in [2.45, 2.75) is 12.6 Å². The van der Waals surface area contributed by atoms with Crippen molar-refractivity contribution in [3.05, 3.63) is 29.0 Å². The quantitative estimate of drug-likeness (QED) is 0.799. The number of halogens is 1. The molecule has 0 aromatic carbocycles. The zero-order valence-electron chi connectivity index (χ0n) is 9.10. The highest BCUT2D eigenvalue weighted by Gasteiger charge is 2.18. The van der Waals surface area contributed by atoms with Gasteiger partial charge in [0, 0.05) is 32.4 Å². The average Bonchev–Trinajstić information content (AvgIpc) is 2.32. The van der Waals surface area contributed by atoms with Crippen LogP contribution in [0.2, 0.25) is 5.15 Å². The van der Waals surface area contributed by atoms with E-state index in [4.69, 9.17) is 22.1 Å². The highest BCUT2D eigenvalue weighted by atomic mass is 35.5. The molecule has 0 aliphatic carbocycles. The maximum absolute atomic E-state index is 5.74. The Labute approximate surface area is 100 Å². The maximum Gasteiger partial charge on any atom is 0.129 e. The van der Waals surface area contributed by atoms with E-state index < -0.39 is 0 Å². The Bertz CT molecular complexity index is 331. The molecule has 2 rings (SSSR count). The van der Waals surface area contributed by atoms with Crippen LogP contribution in [0.4, 0.5) is 0 Å². The molecule has 1 aromatic heterocycles. The first-order valence-electron chi connectivity index (χ1n) is 5.42. The van der Waals surface area contributed by atoms with Crippen molar-refractivity contribution in [1.29, 1.82) is 0 Å². The third-order valence-electron chi connectivity index (χ3n) is 2.68. The van der Waals surface area contributed by atoms with E-state index in [2.05, 4.69) is 9.88 Å². The Morgan fingerprint density at radius 1 is 1.56 bits per heavy atom. The fraction of sp³-hybridized carbons (Fsp3) is 0.545. The summed E-state index contributed by atoms with van der Waals surface area (Å²) in [6.07, 6.45) is 1.98. The summed E-state index contributed by atoms with van der Waals surface area (Å²) in [6, 6.07) is 3.82. The van der Waals surface area contributed by atoms with Crippen LogP contribution in [0.5, 0.6) is 0 Å². The predicted octanol–water partition coefficient (Wildman–Crippen LogP) is 0.895. The lowest BCUT2D eigenvalue weighted by molar-refractivity contribution is -0.0260. The summed E-state index contributed by atoms with van der Waals surface area (Å²) in [5.41, 5.74) is 6.77. The lowest BCUT2D eigenvalue weighted by atomic mass is 10.2. The average molecular weight is 242 g/mol. The number of pyridine rings is 1. The van der Waals surface area contributed by atoms with Gasteiger partial charge in [-0.25, -0.2) is 4.98 Å². The minimum Gasteiger partial charge on any atom is -0.374 e. The molecule has 2 heterocycles. The van der Waals surface area contributed by atoms with Gasteiger partial charge in [-0.3, -0.25) is 4.90 Å². The number of hydrogen-bond acceptors (Lipinski definition) is 4. The van der Waals surface area contributed by atoms with E-state index in [1.54, 1.807) is 0 Å². The van der Waals surface area contributed by atoms with Crippen molar-refractivity contribution < 1.29 is 4.74 Å². The molecule has 0 spiro atoms. The minimum atomic E-state index is 0.161. The lowest BCUT2D eigenvalue weighted by Gasteiger charge is -2.32. The van der Waals surface area contributed by atoms with E-state index in [0.717, 1.165) is 26.2 Å². The first-order chi connectivity index (χ1) is 7.78. The predicted molar refractivity (Wildman–Crippen MR) is 63.3 cm³/mol. The Kier molecular flexibility index (Phi) is 4.12. The van der Waals surface area contributed by atoms with Crippen molar-refractivity contribution >= 4 is 11.6 Å². The van der Waals surface area contributed by atoms with Crippen LogP contribution >= 0.6 is 11.6 Å². The summed E-state index contributed by atoms with van der Waals surface area (Å²) in [7, 11) is 0. The van der Waals surface area contributed by atoms with Crippen LogP contribution in [-0.4, -0.2) is 42.2 Å². The third kappa shape index (κ3) is 3.15. The molecule has 1 fully saturated rings. The summed E-state index contributed by atoms with van der Waals surface area (Å²) in [5.74, 6) is 0. The molecule has 1 atom stereocenters. The van der Waals surface area contributed by atoms with Gasteiger partial charge >= 0.3 is 0 Å². The smallest absolute Gasteiger partial charge is 0.129 e. The molecule has 0 saturated carbocycles. The van der Waals surface area contributed by atoms with Crippen LogP contribution in [-0.2, 0) is 11.3 Å². The number of rotatable bonds is 3. The van der Waals surface area contributed by atoms with Gasteiger partial charge in [0.2, 0.25) is 0 Å². The molecule has 0 radical (unpaired) electrons. The van der Waals surface area contributed by atoms with E-state index in [1.807, 2.05) is 18.3 Å². The molecule has 0 bridgehead atoms. The highest BCUT2D eigenvalue weighted by molar-refractivity contribution is 6.29. The second-order valence-electron chi connectivity index (χ2n) is 3.95. The molecule has 1 saturated heterocycles. The molecule has 1 aliphatic heterocycles. The van der Waals surface area contributed by atoms with Gasteiger partial charge < -0.3 is 10.5 Å². The molecule has 16 heavy (non-hydrogen) atoms.